The minimum atomic E-state index is -0.456. The van der Waals surface area contributed by atoms with Crippen LogP contribution in [0.15, 0.2) is 0 Å². The lowest BCUT2D eigenvalue weighted by molar-refractivity contribution is 0.0999. The molecule has 2 atom stereocenters. The van der Waals surface area contributed by atoms with Crippen molar-refractivity contribution in [1.82, 2.24) is 9.78 Å². The Labute approximate surface area is 110 Å². The van der Waals surface area contributed by atoms with E-state index in [2.05, 4.69) is 5.10 Å². The average molecular weight is 266 g/mol. The lowest BCUT2D eigenvalue weighted by atomic mass is 9.98. The van der Waals surface area contributed by atoms with E-state index in [0.717, 1.165) is 30.4 Å². The minimum Gasteiger partial charge on any atom is -0.383 e. The lowest BCUT2D eigenvalue weighted by Gasteiger charge is -2.09. The zero-order valence-corrected chi connectivity index (χ0v) is 11.2. The van der Waals surface area contributed by atoms with Crippen LogP contribution < -0.4 is 11.5 Å². The number of amides is 1. The van der Waals surface area contributed by atoms with Crippen molar-refractivity contribution in [2.45, 2.75) is 18.8 Å². The van der Waals surface area contributed by atoms with Gasteiger partial charge in [0.1, 0.15) is 11.4 Å². The van der Waals surface area contributed by atoms with E-state index in [9.17, 15) is 4.79 Å². The number of thioether (sulfide) groups is 1. The van der Waals surface area contributed by atoms with Gasteiger partial charge in [0.25, 0.3) is 5.91 Å². The molecule has 0 aromatic carbocycles. The molecule has 1 aliphatic heterocycles. The summed E-state index contributed by atoms with van der Waals surface area (Å²) in [7, 11) is 1.76. The Kier molecular flexibility index (Phi) is 2.77. The summed E-state index contributed by atoms with van der Waals surface area (Å²) in [6.45, 7) is 0. The molecule has 1 amide bonds. The highest BCUT2D eigenvalue weighted by molar-refractivity contribution is 7.99. The zero-order chi connectivity index (χ0) is 12.9. The van der Waals surface area contributed by atoms with Crippen molar-refractivity contribution >= 4 is 23.5 Å². The number of primary amides is 1. The Balaban J connectivity index is 1.93. The van der Waals surface area contributed by atoms with Gasteiger partial charge < -0.3 is 11.5 Å². The monoisotopic (exact) mass is 266 g/mol. The molecule has 0 radical (unpaired) electrons. The molecule has 6 heteroatoms. The molecule has 4 N–H and O–H groups in total. The molecule has 1 saturated carbocycles. The van der Waals surface area contributed by atoms with Gasteiger partial charge in [-0.25, -0.2) is 0 Å². The molecular weight excluding hydrogens is 248 g/mol. The third-order valence-electron chi connectivity index (χ3n) is 4.26. The maximum absolute atomic E-state index is 11.5. The van der Waals surface area contributed by atoms with Gasteiger partial charge in [-0.05, 0) is 36.2 Å². The van der Waals surface area contributed by atoms with Gasteiger partial charge >= 0.3 is 0 Å². The van der Waals surface area contributed by atoms with Crippen molar-refractivity contribution in [3.8, 4) is 0 Å². The van der Waals surface area contributed by atoms with Gasteiger partial charge in [-0.3, -0.25) is 9.48 Å². The van der Waals surface area contributed by atoms with Gasteiger partial charge in [-0.1, -0.05) is 0 Å². The van der Waals surface area contributed by atoms with Crippen LogP contribution in [-0.4, -0.2) is 27.2 Å². The number of carbonyl (C=O) groups excluding carboxylic acids is 1. The first-order chi connectivity index (χ1) is 8.58. The summed E-state index contributed by atoms with van der Waals surface area (Å²) in [4.78, 5) is 11.5. The first-order valence-corrected chi connectivity index (χ1v) is 7.43. The Hall–Kier alpha value is -1.17. The van der Waals surface area contributed by atoms with Gasteiger partial charge in [0.05, 0.1) is 5.69 Å². The number of rotatable bonds is 2. The summed E-state index contributed by atoms with van der Waals surface area (Å²) < 4.78 is 1.57. The Morgan fingerprint density at radius 2 is 2.00 bits per heavy atom. The highest BCUT2D eigenvalue weighted by Gasteiger charge is 2.40. The second-order valence-corrected chi connectivity index (χ2v) is 6.43. The molecule has 1 aromatic heterocycles. The summed E-state index contributed by atoms with van der Waals surface area (Å²) >= 11 is 2.04. The van der Waals surface area contributed by atoms with E-state index in [1.165, 1.54) is 11.5 Å². The van der Waals surface area contributed by atoms with Gasteiger partial charge in [-0.2, -0.15) is 16.9 Å². The lowest BCUT2D eigenvalue weighted by Crippen LogP contribution is -2.16. The number of nitrogen functional groups attached to an aromatic ring is 1. The third kappa shape index (κ3) is 1.70. The van der Waals surface area contributed by atoms with Gasteiger partial charge in [0.15, 0.2) is 0 Å². The maximum atomic E-state index is 11.5. The molecule has 0 spiro atoms. The van der Waals surface area contributed by atoms with Crippen LogP contribution in [0.2, 0.25) is 0 Å². The van der Waals surface area contributed by atoms with Crippen molar-refractivity contribution in [2.24, 2.45) is 24.6 Å². The number of carbonyl (C=O) groups is 1. The molecule has 1 aromatic rings. The van der Waals surface area contributed by atoms with Crippen LogP contribution in [0.25, 0.3) is 0 Å². The number of aryl methyl sites for hydroxylation is 1. The molecular formula is C12H18N4OS. The Morgan fingerprint density at radius 1 is 1.39 bits per heavy atom. The standard InChI is InChI=1S/C12H18N4OS/c1-16-11(13)9(12(14)17)10(15-16)6-2-7-4-18-5-8(7)3-6/h6-8H,2-5,13H2,1H3,(H2,14,17). The maximum Gasteiger partial charge on any atom is 0.254 e. The van der Waals surface area contributed by atoms with Crippen molar-refractivity contribution in [3.05, 3.63) is 11.3 Å². The van der Waals surface area contributed by atoms with Gasteiger partial charge in [0.2, 0.25) is 0 Å². The molecule has 98 valence electrons. The molecule has 18 heavy (non-hydrogen) atoms. The summed E-state index contributed by atoms with van der Waals surface area (Å²) in [5.41, 5.74) is 12.6. The molecule has 5 nitrogen and oxygen atoms in total. The number of aromatic nitrogens is 2. The number of hydrogen-bond donors (Lipinski definition) is 2. The molecule has 2 unspecified atom stereocenters. The first kappa shape index (κ1) is 11.9. The SMILES string of the molecule is Cn1nc(C2CC3CSCC3C2)c(C(N)=O)c1N. The zero-order valence-electron chi connectivity index (χ0n) is 10.4. The fraction of sp³-hybridized carbons (Fsp3) is 0.667. The van der Waals surface area contributed by atoms with Crippen molar-refractivity contribution in [3.63, 3.8) is 0 Å². The predicted molar refractivity (Wildman–Crippen MR) is 72.4 cm³/mol. The smallest absolute Gasteiger partial charge is 0.254 e. The Morgan fingerprint density at radius 3 is 2.56 bits per heavy atom. The van der Waals surface area contributed by atoms with Crippen LogP contribution in [-0.2, 0) is 7.05 Å². The van der Waals surface area contributed by atoms with Crippen molar-refractivity contribution in [1.29, 1.82) is 0 Å². The van der Waals surface area contributed by atoms with E-state index in [0.29, 0.717) is 17.3 Å². The normalized spacial score (nSPS) is 30.6. The summed E-state index contributed by atoms with van der Waals surface area (Å²) in [6, 6.07) is 0. The quantitative estimate of drug-likeness (QED) is 0.834. The van der Waals surface area contributed by atoms with E-state index in [1.54, 1.807) is 11.7 Å². The predicted octanol–water partition coefficient (Wildman–Crippen LogP) is 0.958. The second kappa shape index (κ2) is 4.19. The largest absolute Gasteiger partial charge is 0.383 e. The number of nitrogens with two attached hydrogens (primary N) is 2. The number of nitrogens with zero attached hydrogens (tertiary/aromatic N) is 2. The molecule has 3 rings (SSSR count). The fourth-order valence-corrected chi connectivity index (χ4v) is 4.87. The number of hydrogen-bond acceptors (Lipinski definition) is 4. The summed E-state index contributed by atoms with van der Waals surface area (Å²) in [5, 5.41) is 4.42. The number of fused-ring (bicyclic) bond motifs is 1. The molecule has 2 aliphatic rings. The van der Waals surface area contributed by atoms with E-state index in [4.69, 9.17) is 11.5 Å². The van der Waals surface area contributed by atoms with Crippen molar-refractivity contribution < 1.29 is 4.79 Å². The Bertz CT molecular complexity index is 487. The van der Waals surface area contributed by atoms with E-state index in [-0.39, 0.29) is 0 Å². The van der Waals surface area contributed by atoms with Crippen molar-refractivity contribution in [2.75, 3.05) is 17.2 Å². The second-order valence-electron chi connectivity index (χ2n) is 5.36. The van der Waals surface area contributed by atoms with Crippen LogP contribution in [0.4, 0.5) is 5.82 Å². The average Bonchev–Trinajstić information content (AvgIpc) is 2.92. The van der Waals surface area contributed by atoms with E-state index < -0.39 is 5.91 Å². The van der Waals surface area contributed by atoms with Crippen LogP contribution in [0.1, 0.15) is 34.8 Å². The van der Waals surface area contributed by atoms with E-state index in [1.807, 2.05) is 11.8 Å². The molecule has 0 bridgehead atoms. The van der Waals surface area contributed by atoms with Crippen LogP contribution in [0.5, 0.6) is 0 Å². The van der Waals surface area contributed by atoms with Crippen LogP contribution in [0.3, 0.4) is 0 Å². The third-order valence-corrected chi connectivity index (χ3v) is 5.58. The first-order valence-electron chi connectivity index (χ1n) is 6.27. The summed E-state index contributed by atoms with van der Waals surface area (Å²) in [5.74, 6) is 4.34. The van der Waals surface area contributed by atoms with Crippen LogP contribution >= 0.6 is 11.8 Å². The number of anilines is 1. The molecule has 2 fully saturated rings. The van der Waals surface area contributed by atoms with Crippen LogP contribution in [0, 0.1) is 11.8 Å². The van der Waals surface area contributed by atoms with Gasteiger partial charge in [-0.15, -0.1) is 0 Å². The summed E-state index contributed by atoms with van der Waals surface area (Å²) in [6.07, 6.45) is 2.24. The van der Waals surface area contributed by atoms with E-state index >= 15 is 0 Å². The minimum absolute atomic E-state index is 0.354. The molecule has 1 aliphatic carbocycles. The highest BCUT2D eigenvalue weighted by Crippen LogP contribution is 2.49. The van der Waals surface area contributed by atoms with Gasteiger partial charge in [0, 0.05) is 13.0 Å². The fourth-order valence-electron chi connectivity index (χ4n) is 3.31. The topological polar surface area (TPSA) is 86.9 Å². The highest BCUT2D eigenvalue weighted by atomic mass is 32.2. The molecule has 1 saturated heterocycles. The molecule has 2 heterocycles.